The number of carbonyl (C=O) groups is 1. The van der Waals surface area contributed by atoms with Gasteiger partial charge in [0.1, 0.15) is 17.3 Å². The zero-order valence-electron chi connectivity index (χ0n) is 9.81. The summed E-state index contributed by atoms with van der Waals surface area (Å²) in [6.45, 7) is 4.04. The molecular formula is C13H10BrNO2S2. The van der Waals surface area contributed by atoms with Gasteiger partial charge in [-0.25, -0.2) is 0 Å². The number of amides is 1. The topological polar surface area (TPSA) is 38.3 Å². The summed E-state index contributed by atoms with van der Waals surface area (Å²) in [5.74, 6) is 0.721. The normalized spacial score (nSPS) is 16.6. The Balaban J connectivity index is 2.35. The first kappa shape index (κ1) is 14.3. The van der Waals surface area contributed by atoms with Gasteiger partial charge in [0.25, 0.3) is 5.24 Å². The van der Waals surface area contributed by atoms with Gasteiger partial charge in [0.15, 0.2) is 0 Å². The van der Waals surface area contributed by atoms with Gasteiger partial charge < -0.3 is 10.1 Å². The van der Waals surface area contributed by atoms with Crippen molar-refractivity contribution in [1.82, 2.24) is 5.32 Å². The molecule has 0 unspecified atom stereocenters. The summed E-state index contributed by atoms with van der Waals surface area (Å²) in [6.07, 6.45) is 3.52. The van der Waals surface area contributed by atoms with Gasteiger partial charge in [-0.1, -0.05) is 40.8 Å². The average molecular weight is 356 g/mol. The number of thiocarbonyl (C=S) groups is 1. The van der Waals surface area contributed by atoms with Crippen molar-refractivity contribution in [1.29, 1.82) is 0 Å². The summed E-state index contributed by atoms with van der Waals surface area (Å²) < 4.78 is 6.50. The zero-order chi connectivity index (χ0) is 13.8. The molecule has 6 heteroatoms. The molecule has 0 bridgehead atoms. The number of halogens is 1. The van der Waals surface area contributed by atoms with Crippen LogP contribution in [0.5, 0.6) is 5.75 Å². The molecule has 1 saturated heterocycles. The third-order valence-corrected chi connectivity index (χ3v) is 4.03. The molecule has 0 atom stereocenters. The van der Waals surface area contributed by atoms with Crippen molar-refractivity contribution < 1.29 is 9.53 Å². The Labute approximate surface area is 129 Å². The molecule has 1 amide bonds. The van der Waals surface area contributed by atoms with Gasteiger partial charge in [-0.05, 0) is 36.0 Å². The largest absolute Gasteiger partial charge is 0.489 e. The van der Waals surface area contributed by atoms with Gasteiger partial charge in [0, 0.05) is 10.0 Å². The molecule has 0 radical (unpaired) electrons. The zero-order valence-corrected chi connectivity index (χ0v) is 13.0. The maximum atomic E-state index is 11.2. The van der Waals surface area contributed by atoms with Gasteiger partial charge >= 0.3 is 0 Å². The van der Waals surface area contributed by atoms with Gasteiger partial charge in [-0.2, -0.15) is 0 Å². The highest BCUT2D eigenvalue weighted by atomic mass is 79.9. The van der Waals surface area contributed by atoms with Crippen molar-refractivity contribution >= 4 is 56.2 Å². The SMILES string of the molecule is C=CCOc1ccc(Br)cc1/C=C1\SC(=O)NC1=S. The van der Waals surface area contributed by atoms with Crippen LogP contribution in [-0.2, 0) is 0 Å². The molecule has 1 heterocycles. The number of rotatable bonds is 4. The fourth-order valence-electron chi connectivity index (χ4n) is 1.47. The number of thioether (sulfide) groups is 1. The minimum Gasteiger partial charge on any atom is -0.489 e. The Hall–Kier alpha value is -1.11. The number of hydrogen-bond donors (Lipinski definition) is 1. The number of ether oxygens (including phenoxy) is 1. The van der Waals surface area contributed by atoms with E-state index in [0.29, 0.717) is 11.6 Å². The Bertz CT molecular complexity index is 584. The number of hydrogen-bond acceptors (Lipinski definition) is 4. The second-order valence-electron chi connectivity index (χ2n) is 3.63. The minimum atomic E-state index is -0.153. The first-order chi connectivity index (χ1) is 9.10. The van der Waals surface area contributed by atoms with Crippen LogP contribution in [0.2, 0.25) is 0 Å². The van der Waals surface area contributed by atoms with Gasteiger partial charge in [0.05, 0.1) is 4.91 Å². The van der Waals surface area contributed by atoms with Crippen LogP contribution in [0.3, 0.4) is 0 Å². The molecule has 1 N–H and O–H groups in total. The first-order valence-electron chi connectivity index (χ1n) is 5.38. The van der Waals surface area contributed by atoms with Crippen molar-refractivity contribution in [3.8, 4) is 5.75 Å². The third kappa shape index (κ3) is 3.68. The maximum absolute atomic E-state index is 11.2. The summed E-state index contributed by atoms with van der Waals surface area (Å²) in [7, 11) is 0. The summed E-state index contributed by atoms with van der Waals surface area (Å²) >= 11 is 9.59. The number of nitrogens with one attached hydrogen (secondary N) is 1. The van der Waals surface area contributed by atoms with Crippen molar-refractivity contribution in [3.63, 3.8) is 0 Å². The van der Waals surface area contributed by atoms with E-state index >= 15 is 0 Å². The van der Waals surface area contributed by atoms with E-state index in [1.807, 2.05) is 24.3 Å². The lowest BCUT2D eigenvalue weighted by atomic mass is 10.2. The van der Waals surface area contributed by atoms with E-state index < -0.39 is 0 Å². The fourth-order valence-corrected chi connectivity index (χ4v) is 2.88. The first-order valence-corrected chi connectivity index (χ1v) is 7.40. The van der Waals surface area contributed by atoms with Crippen molar-refractivity contribution in [2.45, 2.75) is 0 Å². The second kappa shape index (κ2) is 6.36. The molecule has 3 nitrogen and oxygen atoms in total. The van der Waals surface area contributed by atoms with Gasteiger partial charge in [0.2, 0.25) is 0 Å². The Morgan fingerprint density at radius 2 is 2.32 bits per heavy atom. The smallest absolute Gasteiger partial charge is 0.289 e. The quantitative estimate of drug-likeness (QED) is 0.500. The predicted octanol–water partition coefficient (Wildman–Crippen LogP) is 4.14. The van der Waals surface area contributed by atoms with Crippen LogP contribution in [0.25, 0.3) is 6.08 Å². The molecule has 0 spiro atoms. The standard InChI is InChI=1S/C13H10BrNO2S2/c1-2-5-17-10-4-3-9(14)6-8(10)7-11-12(18)15-13(16)19-11/h2-4,6-7H,1,5H2,(H,15,16,18)/b11-7-. The molecule has 0 saturated carbocycles. The van der Waals surface area contributed by atoms with E-state index in [2.05, 4.69) is 27.8 Å². The summed E-state index contributed by atoms with van der Waals surface area (Å²) in [5, 5.41) is 2.43. The highest BCUT2D eigenvalue weighted by molar-refractivity contribution is 9.10. The number of carbonyl (C=O) groups excluding carboxylic acids is 1. The molecule has 0 aliphatic carbocycles. The second-order valence-corrected chi connectivity index (χ2v) is 5.97. The van der Waals surface area contributed by atoms with Crippen LogP contribution in [-0.4, -0.2) is 16.8 Å². The van der Waals surface area contributed by atoms with Crippen molar-refractivity contribution in [2.24, 2.45) is 0 Å². The van der Waals surface area contributed by atoms with E-state index in [0.717, 1.165) is 32.5 Å². The van der Waals surface area contributed by atoms with Gasteiger partial charge in [-0.3, -0.25) is 4.79 Å². The predicted molar refractivity (Wildman–Crippen MR) is 86.5 cm³/mol. The van der Waals surface area contributed by atoms with Crippen LogP contribution in [0.1, 0.15) is 5.56 Å². The Kier molecular flexibility index (Phi) is 4.79. The molecule has 1 aromatic carbocycles. The molecule has 1 aliphatic rings. The van der Waals surface area contributed by atoms with Crippen molar-refractivity contribution in [2.75, 3.05) is 6.61 Å². The summed E-state index contributed by atoms with van der Waals surface area (Å²) in [5.41, 5.74) is 0.859. The molecule has 98 valence electrons. The van der Waals surface area contributed by atoms with Crippen LogP contribution < -0.4 is 10.1 Å². The van der Waals surface area contributed by atoms with Crippen LogP contribution in [0.15, 0.2) is 40.2 Å². The summed E-state index contributed by atoms with van der Waals surface area (Å²) in [6, 6.07) is 5.67. The van der Waals surface area contributed by atoms with E-state index in [4.69, 9.17) is 17.0 Å². The lowest BCUT2D eigenvalue weighted by molar-refractivity contribution is 0.265. The van der Waals surface area contributed by atoms with Crippen LogP contribution in [0.4, 0.5) is 4.79 Å². The molecule has 19 heavy (non-hydrogen) atoms. The maximum Gasteiger partial charge on any atom is 0.289 e. The number of benzene rings is 1. The lowest BCUT2D eigenvalue weighted by Crippen LogP contribution is -2.15. The third-order valence-electron chi connectivity index (χ3n) is 2.26. The molecule has 0 aromatic heterocycles. The highest BCUT2D eigenvalue weighted by Crippen LogP contribution is 2.31. The average Bonchev–Trinajstić information content (AvgIpc) is 2.67. The van der Waals surface area contributed by atoms with Gasteiger partial charge in [-0.15, -0.1) is 0 Å². The Morgan fingerprint density at radius 1 is 1.53 bits per heavy atom. The summed E-state index contributed by atoms with van der Waals surface area (Å²) in [4.78, 5) is 12.4. The van der Waals surface area contributed by atoms with E-state index in [9.17, 15) is 4.79 Å². The lowest BCUT2D eigenvalue weighted by Gasteiger charge is -2.08. The van der Waals surface area contributed by atoms with E-state index in [1.54, 1.807) is 6.08 Å². The van der Waals surface area contributed by atoms with Crippen LogP contribution >= 0.6 is 39.9 Å². The molecular weight excluding hydrogens is 346 g/mol. The molecule has 2 rings (SSSR count). The molecule has 1 aliphatic heterocycles. The minimum absolute atomic E-state index is 0.153. The highest BCUT2D eigenvalue weighted by Gasteiger charge is 2.22. The van der Waals surface area contributed by atoms with Crippen LogP contribution in [0, 0.1) is 0 Å². The molecule has 1 aromatic rings. The Morgan fingerprint density at radius 3 is 2.95 bits per heavy atom. The molecule has 1 fully saturated rings. The monoisotopic (exact) mass is 355 g/mol. The van der Waals surface area contributed by atoms with Crippen molar-refractivity contribution in [3.05, 3.63) is 45.8 Å². The van der Waals surface area contributed by atoms with E-state index in [-0.39, 0.29) is 5.24 Å². The fraction of sp³-hybridized carbons (Fsp3) is 0.0769. The van der Waals surface area contributed by atoms with E-state index in [1.165, 1.54) is 0 Å².